The summed E-state index contributed by atoms with van der Waals surface area (Å²) in [6.45, 7) is 10.2. The van der Waals surface area contributed by atoms with Gasteiger partial charge in [-0.25, -0.2) is 0 Å². The van der Waals surface area contributed by atoms with Crippen LogP contribution in [0.5, 0.6) is 0 Å². The van der Waals surface area contributed by atoms with Gasteiger partial charge in [-0.05, 0) is 18.1 Å². The molecule has 0 spiro atoms. The summed E-state index contributed by atoms with van der Waals surface area (Å²) in [5, 5.41) is 2.44. The SMILES string of the molecule is CC.CC.CCc1cccc2c1oc1ccccc12. The molecule has 0 aliphatic rings. The number of para-hydroxylation sites is 2. The third-order valence-corrected chi connectivity index (χ3v) is 2.87. The highest BCUT2D eigenvalue weighted by Gasteiger charge is 2.07. The summed E-state index contributed by atoms with van der Waals surface area (Å²) in [6, 6.07) is 14.6. The quantitative estimate of drug-likeness (QED) is 0.505. The first-order valence-corrected chi connectivity index (χ1v) is 7.29. The van der Waals surface area contributed by atoms with Crippen LogP contribution in [0.25, 0.3) is 21.9 Å². The van der Waals surface area contributed by atoms with Gasteiger partial charge in [-0.1, -0.05) is 71.0 Å². The van der Waals surface area contributed by atoms with Crippen LogP contribution in [-0.4, -0.2) is 0 Å². The fraction of sp³-hybridized carbons (Fsp3) is 0.333. The van der Waals surface area contributed by atoms with Crippen molar-refractivity contribution in [2.75, 3.05) is 0 Å². The van der Waals surface area contributed by atoms with Crippen LogP contribution in [0.2, 0.25) is 0 Å². The summed E-state index contributed by atoms with van der Waals surface area (Å²) in [7, 11) is 0. The molecule has 0 fully saturated rings. The highest BCUT2D eigenvalue weighted by atomic mass is 16.3. The number of benzene rings is 2. The molecule has 0 unspecified atom stereocenters. The molecule has 2 aromatic carbocycles. The minimum Gasteiger partial charge on any atom is -0.456 e. The summed E-state index contributed by atoms with van der Waals surface area (Å²) in [5.74, 6) is 0. The second-order valence-corrected chi connectivity index (χ2v) is 3.75. The highest BCUT2D eigenvalue weighted by molar-refractivity contribution is 6.05. The third-order valence-electron chi connectivity index (χ3n) is 2.87. The maximum atomic E-state index is 5.87. The zero-order valence-electron chi connectivity index (χ0n) is 12.7. The van der Waals surface area contributed by atoms with Gasteiger partial charge in [-0.15, -0.1) is 0 Å². The fourth-order valence-corrected chi connectivity index (χ4v) is 2.08. The number of rotatable bonds is 1. The Morgan fingerprint density at radius 1 is 0.789 bits per heavy atom. The molecular formula is C18H24O. The molecule has 0 aliphatic heterocycles. The molecule has 0 atom stereocenters. The van der Waals surface area contributed by atoms with Crippen molar-refractivity contribution in [1.29, 1.82) is 0 Å². The second-order valence-electron chi connectivity index (χ2n) is 3.75. The van der Waals surface area contributed by atoms with E-state index >= 15 is 0 Å². The highest BCUT2D eigenvalue weighted by Crippen LogP contribution is 2.30. The number of hydrogen-bond acceptors (Lipinski definition) is 1. The first kappa shape index (κ1) is 15.3. The Labute approximate surface area is 116 Å². The molecule has 0 N–H and O–H groups in total. The molecule has 0 radical (unpaired) electrons. The van der Waals surface area contributed by atoms with Gasteiger partial charge in [0.15, 0.2) is 0 Å². The third kappa shape index (κ3) is 2.98. The number of furan rings is 1. The first-order valence-electron chi connectivity index (χ1n) is 7.29. The lowest BCUT2D eigenvalue weighted by atomic mass is 10.1. The minimum atomic E-state index is 0.980. The Hall–Kier alpha value is -1.76. The van der Waals surface area contributed by atoms with Gasteiger partial charge in [-0.3, -0.25) is 0 Å². The van der Waals surface area contributed by atoms with E-state index in [1.54, 1.807) is 0 Å². The van der Waals surface area contributed by atoms with Gasteiger partial charge in [0.2, 0.25) is 0 Å². The molecule has 1 nitrogen and oxygen atoms in total. The minimum absolute atomic E-state index is 0.980. The molecule has 0 saturated heterocycles. The average Bonchev–Trinajstić information content (AvgIpc) is 2.90. The zero-order chi connectivity index (χ0) is 14.3. The Balaban J connectivity index is 0.000000415. The fourth-order valence-electron chi connectivity index (χ4n) is 2.08. The Bertz CT molecular complexity index is 620. The van der Waals surface area contributed by atoms with Crippen molar-refractivity contribution in [3.8, 4) is 0 Å². The summed E-state index contributed by atoms with van der Waals surface area (Å²) in [6.07, 6.45) is 1.01. The van der Waals surface area contributed by atoms with Crippen LogP contribution in [0, 0.1) is 0 Å². The monoisotopic (exact) mass is 256 g/mol. The van der Waals surface area contributed by atoms with Crippen LogP contribution >= 0.6 is 0 Å². The maximum Gasteiger partial charge on any atom is 0.138 e. The molecule has 3 aromatic rings. The first-order chi connectivity index (χ1) is 9.40. The Morgan fingerprint density at radius 2 is 1.42 bits per heavy atom. The van der Waals surface area contributed by atoms with Crippen LogP contribution in [0.15, 0.2) is 46.9 Å². The van der Waals surface area contributed by atoms with Gasteiger partial charge in [-0.2, -0.15) is 0 Å². The topological polar surface area (TPSA) is 13.1 Å². The number of aryl methyl sites for hydroxylation is 1. The van der Waals surface area contributed by atoms with Crippen LogP contribution in [0.1, 0.15) is 40.2 Å². The van der Waals surface area contributed by atoms with Crippen molar-refractivity contribution < 1.29 is 4.42 Å². The van der Waals surface area contributed by atoms with Crippen molar-refractivity contribution in [1.82, 2.24) is 0 Å². The standard InChI is InChI=1S/C14H12O.2C2H6/c1-2-10-6-5-8-12-11-7-3-4-9-13(11)15-14(10)12;2*1-2/h3-9H,2H2,1H3;2*1-2H3. The molecule has 102 valence electrons. The summed E-state index contributed by atoms with van der Waals surface area (Å²) in [4.78, 5) is 0. The molecule has 1 heterocycles. The van der Waals surface area contributed by atoms with E-state index < -0.39 is 0 Å². The summed E-state index contributed by atoms with van der Waals surface area (Å²) < 4.78 is 5.87. The molecule has 0 bridgehead atoms. The van der Waals surface area contributed by atoms with Crippen molar-refractivity contribution >= 4 is 21.9 Å². The lowest BCUT2D eigenvalue weighted by Crippen LogP contribution is -1.78. The normalized spacial score (nSPS) is 9.53. The van der Waals surface area contributed by atoms with E-state index in [9.17, 15) is 0 Å². The molecule has 3 rings (SSSR count). The van der Waals surface area contributed by atoms with Gasteiger partial charge < -0.3 is 4.42 Å². The molecule has 0 aliphatic carbocycles. The lowest BCUT2D eigenvalue weighted by Gasteiger charge is -1.95. The van der Waals surface area contributed by atoms with E-state index in [0.717, 1.165) is 17.6 Å². The van der Waals surface area contributed by atoms with Gasteiger partial charge in [0.1, 0.15) is 11.2 Å². The van der Waals surface area contributed by atoms with Crippen molar-refractivity contribution in [3.05, 3.63) is 48.0 Å². The Kier molecular flexibility index (Phi) is 6.14. The van der Waals surface area contributed by atoms with Gasteiger partial charge >= 0.3 is 0 Å². The van der Waals surface area contributed by atoms with E-state index in [1.807, 2.05) is 39.8 Å². The maximum absolute atomic E-state index is 5.87. The van der Waals surface area contributed by atoms with Crippen LogP contribution < -0.4 is 0 Å². The lowest BCUT2D eigenvalue weighted by molar-refractivity contribution is 0.663. The average molecular weight is 256 g/mol. The van der Waals surface area contributed by atoms with Crippen LogP contribution in [-0.2, 0) is 6.42 Å². The zero-order valence-corrected chi connectivity index (χ0v) is 12.7. The summed E-state index contributed by atoms with van der Waals surface area (Å²) in [5.41, 5.74) is 3.30. The van der Waals surface area contributed by atoms with Gasteiger partial charge in [0.05, 0.1) is 0 Å². The molecule has 19 heavy (non-hydrogen) atoms. The molecule has 1 aromatic heterocycles. The van der Waals surface area contributed by atoms with Crippen molar-refractivity contribution in [3.63, 3.8) is 0 Å². The second kappa shape index (κ2) is 7.63. The summed E-state index contributed by atoms with van der Waals surface area (Å²) >= 11 is 0. The van der Waals surface area contributed by atoms with Crippen molar-refractivity contribution in [2.45, 2.75) is 41.0 Å². The van der Waals surface area contributed by atoms with Gasteiger partial charge in [0, 0.05) is 10.8 Å². The molecular weight excluding hydrogens is 232 g/mol. The van der Waals surface area contributed by atoms with E-state index in [4.69, 9.17) is 4.42 Å². The predicted octanol–water partition coefficient (Wildman–Crippen LogP) is 6.20. The molecule has 1 heteroatoms. The molecule has 0 saturated carbocycles. The van der Waals surface area contributed by atoms with Crippen LogP contribution in [0.3, 0.4) is 0 Å². The van der Waals surface area contributed by atoms with Gasteiger partial charge in [0.25, 0.3) is 0 Å². The number of fused-ring (bicyclic) bond motifs is 3. The van der Waals surface area contributed by atoms with Crippen molar-refractivity contribution in [2.24, 2.45) is 0 Å². The van der Waals surface area contributed by atoms with Crippen LogP contribution in [0.4, 0.5) is 0 Å². The Morgan fingerprint density at radius 3 is 2.11 bits per heavy atom. The van der Waals surface area contributed by atoms with E-state index in [2.05, 4.69) is 37.3 Å². The predicted molar refractivity (Wildman–Crippen MR) is 85.8 cm³/mol. The van der Waals surface area contributed by atoms with E-state index in [0.29, 0.717) is 0 Å². The van der Waals surface area contributed by atoms with E-state index in [-0.39, 0.29) is 0 Å². The largest absolute Gasteiger partial charge is 0.456 e. The molecule has 0 amide bonds. The number of hydrogen-bond donors (Lipinski definition) is 0. The smallest absolute Gasteiger partial charge is 0.138 e. The van der Waals surface area contributed by atoms with E-state index in [1.165, 1.54) is 16.3 Å².